The van der Waals surface area contributed by atoms with Crippen LogP contribution >= 0.6 is 39.9 Å². The van der Waals surface area contributed by atoms with E-state index in [0.717, 1.165) is 29.3 Å². The molecule has 1 saturated carbocycles. The molecule has 19 heavy (non-hydrogen) atoms. The van der Waals surface area contributed by atoms with E-state index in [9.17, 15) is 0 Å². The maximum atomic E-state index is 6.16. The van der Waals surface area contributed by atoms with Crippen LogP contribution in [0.15, 0.2) is 27.2 Å². The van der Waals surface area contributed by atoms with Gasteiger partial charge in [0.05, 0.1) is 11.1 Å². The minimum absolute atomic E-state index is 0. The van der Waals surface area contributed by atoms with E-state index >= 15 is 0 Å². The summed E-state index contributed by atoms with van der Waals surface area (Å²) >= 11 is 9.33. The molecule has 0 bridgehead atoms. The van der Waals surface area contributed by atoms with Crippen molar-refractivity contribution in [2.75, 3.05) is 0 Å². The Morgan fingerprint density at radius 1 is 1.37 bits per heavy atom. The van der Waals surface area contributed by atoms with Crippen LogP contribution in [0.2, 0.25) is 5.02 Å². The summed E-state index contributed by atoms with van der Waals surface area (Å²) in [7, 11) is 0. The van der Waals surface area contributed by atoms with Gasteiger partial charge in [-0.3, -0.25) is 0 Å². The van der Waals surface area contributed by atoms with Gasteiger partial charge in [-0.25, -0.2) is 0 Å². The normalized spacial score (nSPS) is 16.6. The van der Waals surface area contributed by atoms with Crippen molar-refractivity contribution in [2.24, 2.45) is 5.73 Å². The molecule has 4 nitrogen and oxygen atoms in total. The van der Waals surface area contributed by atoms with E-state index in [1.807, 2.05) is 6.07 Å². The average Bonchev–Trinajstić information content (AvgIpc) is 2.75. The summed E-state index contributed by atoms with van der Waals surface area (Å²) in [6.45, 7) is 0. The third kappa shape index (κ3) is 2.65. The van der Waals surface area contributed by atoms with Crippen molar-refractivity contribution in [1.29, 1.82) is 0 Å². The Balaban J connectivity index is 0.00000133. The van der Waals surface area contributed by atoms with Crippen LogP contribution in [0.25, 0.3) is 11.5 Å². The van der Waals surface area contributed by atoms with Gasteiger partial charge in [-0.15, -0.1) is 12.4 Å². The predicted octanol–water partition coefficient (Wildman–Crippen LogP) is 3.91. The summed E-state index contributed by atoms with van der Waals surface area (Å²) in [5, 5.41) is 4.64. The fraction of sp³-hybridized carbons (Fsp3) is 0.333. The van der Waals surface area contributed by atoms with Gasteiger partial charge >= 0.3 is 0 Å². The van der Waals surface area contributed by atoms with Gasteiger partial charge < -0.3 is 10.3 Å². The Morgan fingerprint density at radius 2 is 2.11 bits per heavy atom. The summed E-state index contributed by atoms with van der Waals surface area (Å²) in [6.07, 6.45) is 2.94. The Morgan fingerprint density at radius 3 is 2.68 bits per heavy atom. The van der Waals surface area contributed by atoms with Crippen LogP contribution in [0.4, 0.5) is 0 Å². The number of hydrogen-bond donors (Lipinski definition) is 1. The number of nitrogens with two attached hydrogens (primary N) is 1. The maximum absolute atomic E-state index is 6.16. The summed E-state index contributed by atoms with van der Waals surface area (Å²) in [6, 6.07) is 5.42. The van der Waals surface area contributed by atoms with Crippen LogP contribution < -0.4 is 5.73 Å². The van der Waals surface area contributed by atoms with Crippen molar-refractivity contribution in [3.63, 3.8) is 0 Å². The summed E-state index contributed by atoms with van der Waals surface area (Å²) < 4.78 is 6.10. The van der Waals surface area contributed by atoms with Gasteiger partial charge in [0, 0.05) is 9.50 Å². The van der Waals surface area contributed by atoms with Crippen LogP contribution in [-0.4, -0.2) is 10.1 Å². The first-order valence-electron chi connectivity index (χ1n) is 5.67. The Bertz CT molecular complexity index is 598. The van der Waals surface area contributed by atoms with Crippen LogP contribution in [0.3, 0.4) is 0 Å². The highest BCUT2D eigenvalue weighted by Gasteiger charge is 2.39. The zero-order valence-corrected chi connectivity index (χ0v) is 13.1. The van der Waals surface area contributed by atoms with Crippen LogP contribution in [0.5, 0.6) is 0 Å². The second kappa shape index (κ2) is 5.40. The third-order valence-electron chi connectivity index (χ3n) is 3.28. The fourth-order valence-electron chi connectivity index (χ4n) is 1.98. The molecular formula is C12H12BrCl2N3O. The highest BCUT2D eigenvalue weighted by Crippen LogP contribution is 2.38. The standard InChI is InChI=1S/C12H11BrClN3O.ClH/c13-9-6-7(14)2-3-8(9)10-16-11(17-18-10)12(15)4-1-5-12;/h2-3,6H,1,4-5,15H2;1H. The molecule has 1 heterocycles. The molecule has 3 rings (SSSR count). The second-order valence-corrected chi connectivity index (χ2v) is 5.85. The second-order valence-electron chi connectivity index (χ2n) is 4.56. The molecular weight excluding hydrogens is 353 g/mol. The van der Waals surface area contributed by atoms with Gasteiger partial charge in [0.2, 0.25) is 0 Å². The molecule has 0 unspecified atom stereocenters. The lowest BCUT2D eigenvalue weighted by Crippen LogP contribution is -2.44. The van der Waals surface area contributed by atoms with Crippen molar-refractivity contribution in [2.45, 2.75) is 24.8 Å². The van der Waals surface area contributed by atoms with Crippen molar-refractivity contribution in [3.05, 3.63) is 33.5 Å². The number of hydrogen-bond acceptors (Lipinski definition) is 4. The molecule has 2 N–H and O–H groups in total. The van der Waals surface area contributed by atoms with Crippen molar-refractivity contribution in [3.8, 4) is 11.5 Å². The number of halogens is 3. The van der Waals surface area contributed by atoms with Gasteiger partial charge in [0.25, 0.3) is 5.89 Å². The monoisotopic (exact) mass is 363 g/mol. The van der Waals surface area contributed by atoms with Gasteiger partial charge in [-0.1, -0.05) is 16.8 Å². The smallest absolute Gasteiger partial charge is 0.259 e. The molecule has 0 spiro atoms. The topological polar surface area (TPSA) is 64.9 Å². The molecule has 0 amide bonds. The third-order valence-corrected chi connectivity index (χ3v) is 4.17. The summed E-state index contributed by atoms with van der Waals surface area (Å²) in [5.41, 5.74) is 6.58. The molecule has 1 aliphatic rings. The Kier molecular flexibility index (Phi) is 4.20. The molecule has 0 aliphatic heterocycles. The molecule has 7 heteroatoms. The lowest BCUT2D eigenvalue weighted by molar-refractivity contribution is 0.229. The minimum atomic E-state index is -0.402. The molecule has 1 aromatic carbocycles. The SMILES string of the molecule is Cl.NC1(c2noc(-c3ccc(Cl)cc3Br)n2)CCC1. The quantitative estimate of drug-likeness (QED) is 0.877. The largest absolute Gasteiger partial charge is 0.334 e. The molecule has 0 atom stereocenters. The Hall–Kier alpha value is -0.620. The van der Waals surface area contributed by atoms with E-state index in [-0.39, 0.29) is 12.4 Å². The number of benzene rings is 1. The van der Waals surface area contributed by atoms with E-state index in [0.29, 0.717) is 16.7 Å². The highest BCUT2D eigenvalue weighted by molar-refractivity contribution is 9.10. The maximum Gasteiger partial charge on any atom is 0.259 e. The number of rotatable bonds is 2. The molecule has 1 fully saturated rings. The van der Waals surface area contributed by atoms with Crippen LogP contribution in [0.1, 0.15) is 25.1 Å². The number of nitrogens with zero attached hydrogens (tertiary/aromatic N) is 2. The highest BCUT2D eigenvalue weighted by atomic mass is 79.9. The van der Waals surface area contributed by atoms with E-state index in [2.05, 4.69) is 26.1 Å². The first-order chi connectivity index (χ1) is 8.58. The molecule has 2 aromatic rings. The predicted molar refractivity (Wildman–Crippen MR) is 79.4 cm³/mol. The molecule has 1 aliphatic carbocycles. The molecule has 0 radical (unpaired) electrons. The van der Waals surface area contributed by atoms with E-state index in [1.165, 1.54) is 0 Å². The van der Waals surface area contributed by atoms with Crippen molar-refractivity contribution >= 4 is 39.9 Å². The zero-order valence-electron chi connectivity index (χ0n) is 9.90. The molecule has 1 aromatic heterocycles. The van der Waals surface area contributed by atoms with E-state index in [1.54, 1.807) is 12.1 Å². The van der Waals surface area contributed by atoms with Crippen LogP contribution in [-0.2, 0) is 5.54 Å². The van der Waals surface area contributed by atoms with Crippen molar-refractivity contribution in [1.82, 2.24) is 10.1 Å². The number of aromatic nitrogens is 2. The van der Waals surface area contributed by atoms with Gasteiger partial charge in [-0.05, 0) is 53.4 Å². The van der Waals surface area contributed by atoms with Gasteiger partial charge in [0.15, 0.2) is 5.82 Å². The zero-order chi connectivity index (χ0) is 12.8. The Labute approximate surface area is 130 Å². The van der Waals surface area contributed by atoms with Gasteiger partial charge in [-0.2, -0.15) is 4.98 Å². The van der Waals surface area contributed by atoms with E-state index < -0.39 is 5.54 Å². The first kappa shape index (κ1) is 14.8. The van der Waals surface area contributed by atoms with Gasteiger partial charge in [0.1, 0.15) is 0 Å². The lowest BCUT2D eigenvalue weighted by atomic mass is 9.77. The summed E-state index contributed by atoms with van der Waals surface area (Å²) in [4.78, 5) is 4.39. The minimum Gasteiger partial charge on any atom is -0.334 e. The van der Waals surface area contributed by atoms with E-state index in [4.69, 9.17) is 21.9 Å². The lowest BCUT2D eigenvalue weighted by Gasteiger charge is -2.34. The summed E-state index contributed by atoms with van der Waals surface area (Å²) in [5.74, 6) is 1.05. The first-order valence-corrected chi connectivity index (χ1v) is 6.84. The van der Waals surface area contributed by atoms with Crippen LogP contribution in [0, 0.1) is 0 Å². The van der Waals surface area contributed by atoms with Crippen molar-refractivity contribution < 1.29 is 4.52 Å². The molecule has 0 saturated heterocycles. The fourth-order valence-corrected chi connectivity index (χ4v) is 2.83. The average molecular weight is 365 g/mol. The molecule has 102 valence electrons.